The molecule has 6 heteroatoms. The Hall–Kier alpha value is -1.98. The largest absolute Gasteiger partial charge is 0.505 e. The Morgan fingerprint density at radius 1 is 1.47 bits per heavy atom. The Morgan fingerprint density at radius 2 is 2.24 bits per heavy atom. The molecular weight excluding hydrogens is 231 g/mol. The highest BCUT2D eigenvalue weighted by molar-refractivity contribution is 5.66. The van der Waals surface area contributed by atoms with Gasteiger partial charge >= 0.3 is 5.97 Å². The van der Waals surface area contributed by atoms with Crippen LogP contribution in [0.3, 0.4) is 0 Å². The summed E-state index contributed by atoms with van der Waals surface area (Å²) in [5.41, 5.74) is 0.327. The van der Waals surface area contributed by atoms with Crippen LogP contribution in [0.15, 0.2) is 6.07 Å². The molecule has 0 saturated carbocycles. The Morgan fingerprint density at radius 3 is 2.94 bits per heavy atom. The van der Waals surface area contributed by atoms with E-state index in [1.807, 2.05) is 0 Å². The van der Waals surface area contributed by atoms with Gasteiger partial charge in [0.05, 0.1) is 0 Å². The van der Waals surface area contributed by atoms with E-state index >= 15 is 0 Å². The van der Waals surface area contributed by atoms with Crippen molar-refractivity contribution < 1.29 is 28.9 Å². The van der Waals surface area contributed by atoms with E-state index in [0.29, 0.717) is 12.0 Å². The van der Waals surface area contributed by atoms with Crippen LogP contribution in [0.1, 0.15) is 18.4 Å². The average Bonchev–Trinajstić information content (AvgIpc) is 2.72. The van der Waals surface area contributed by atoms with E-state index in [9.17, 15) is 14.3 Å². The zero-order valence-electron chi connectivity index (χ0n) is 8.90. The third kappa shape index (κ3) is 2.25. The first-order chi connectivity index (χ1) is 8.09. The van der Waals surface area contributed by atoms with Crippen LogP contribution in [0.2, 0.25) is 0 Å². The number of benzene rings is 1. The molecule has 2 rings (SSSR count). The Bertz CT molecular complexity index is 458. The summed E-state index contributed by atoms with van der Waals surface area (Å²) in [5.74, 6) is -2.13. The fourth-order valence-electron chi connectivity index (χ4n) is 1.66. The van der Waals surface area contributed by atoms with Crippen LogP contribution < -0.4 is 9.47 Å². The van der Waals surface area contributed by atoms with E-state index in [2.05, 4.69) is 0 Å². The zero-order valence-corrected chi connectivity index (χ0v) is 8.90. The summed E-state index contributed by atoms with van der Waals surface area (Å²) in [4.78, 5) is 10.3. The van der Waals surface area contributed by atoms with Crippen molar-refractivity contribution in [1.29, 1.82) is 0 Å². The Labute approximate surface area is 96.4 Å². The van der Waals surface area contributed by atoms with Gasteiger partial charge in [-0.1, -0.05) is 0 Å². The molecule has 0 aromatic heterocycles. The van der Waals surface area contributed by atoms with Crippen LogP contribution in [0.5, 0.6) is 17.2 Å². The lowest BCUT2D eigenvalue weighted by molar-refractivity contribution is -0.137. The van der Waals surface area contributed by atoms with E-state index in [4.69, 9.17) is 14.6 Å². The normalized spacial score (nSPS) is 12.8. The van der Waals surface area contributed by atoms with Crippen molar-refractivity contribution in [2.45, 2.75) is 19.3 Å². The summed E-state index contributed by atoms with van der Waals surface area (Å²) in [6.07, 6.45) is 0.559. The molecule has 1 aromatic rings. The highest BCUT2D eigenvalue weighted by Crippen LogP contribution is 2.41. The predicted octanol–water partition coefficient (Wildman–Crippen LogP) is 1.67. The minimum absolute atomic E-state index is 0.0322. The number of carbonyl (C=O) groups is 1. The van der Waals surface area contributed by atoms with Crippen molar-refractivity contribution in [1.82, 2.24) is 0 Å². The smallest absolute Gasteiger partial charge is 0.303 e. The van der Waals surface area contributed by atoms with Gasteiger partial charge in [-0.3, -0.25) is 4.79 Å². The Kier molecular flexibility index (Phi) is 3.03. The van der Waals surface area contributed by atoms with E-state index in [1.54, 1.807) is 0 Å². The monoisotopic (exact) mass is 242 g/mol. The maximum Gasteiger partial charge on any atom is 0.303 e. The first-order valence-corrected chi connectivity index (χ1v) is 5.11. The van der Waals surface area contributed by atoms with Gasteiger partial charge in [-0.15, -0.1) is 0 Å². The highest BCUT2D eigenvalue weighted by atomic mass is 19.1. The van der Waals surface area contributed by atoms with Crippen LogP contribution in [0.25, 0.3) is 0 Å². The molecule has 5 nitrogen and oxygen atoms in total. The number of aryl methyl sites for hydroxylation is 1. The van der Waals surface area contributed by atoms with Gasteiger partial charge in [0.25, 0.3) is 0 Å². The van der Waals surface area contributed by atoms with E-state index in [-0.39, 0.29) is 31.1 Å². The fourth-order valence-corrected chi connectivity index (χ4v) is 1.66. The number of carboxylic acid groups (broad SMARTS) is 1. The molecule has 0 bridgehead atoms. The van der Waals surface area contributed by atoms with Crippen LogP contribution >= 0.6 is 0 Å². The van der Waals surface area contributed by atoms with Crippen molar-refractivity contribution >= 4 is 5.97 Å². The highest BCUT2D eigenvalue weighted by Gasteiger charge is 2.24. The maximum atomic E-state index is 13.6. The number of phenolic OH excluding ortho intramolecular Hbond substituents is 1. The van der Waals surface area contributed by atoms with E-state index < -0.39 is 17.5 Å². The minimum Gasteiger partial charge on any atom is -0.505 e. The minimum atomic E-state index is -0.925. The number of aliphatic carboxylic acids is 1. The molecule has 0 saturated heterocycles. The van der Waals surface area contributed by atoms with E-state index in [0.717, 1.165) is 0 Å². The predicted molar refractivity (Wildman–Crippen MR) is 54.8 cm³/mol. The molecule has 0 atom stereocenters. The van der Waals surface area contributed by atoms with Crippen molar-refractivity contribution in [3.8, 4) is 17.2 Å². The molecule has 0 fully saturated rings. The SMILES string of the molecule is O=C(O)CCCc1cc2c(c(F)c1O)OCO2. The van der Waals surface area contributed by atoms with Crippen LogP contribution in [0.4, 0.5) is 4.39 Å². The van der Waals surface area contributed by atoms with Gasteiger partial charge in [-0.2, -0.15) is 4.39 Å². The molecule has 0 aliphatic carbocycles. The third-order valence-corrected chi connectivity index (χ3v) is 2.49. The second-order valence-electron chi connectivity index (χ2n) is 3.68. The number of fused-ring (bicyclic) bond motifs is 1. The van der Waals surface area contributed by atoms with Gasteiger partial charge in [0.2, 0.25) is 18.4 Å². The third-order valence-electron chi connectivity index (χ3n) is 2.49. The zero-order chi connectivity index (χ0) is 12.4. The summed E-state index contributed by atoms with van der Waals surface area (Å²) >= 11 is 0. The van der Waals surface area contributed by atoms with Gasteiger partial charge in [0, 0.05) is 12.0 Å². The van der Waals surface area contributed by atoms with Gasteiger partial charge < -0.3 is 19.7 Å². The van der Waals surface area contributed by atoms with Crippen LogP contribution in [0, 0.1) is 5.82 Å². The number of phenols is 1. The molecule has 1 heterocycles. The maximum absolute atomic E-state index is 13.6. The summed E-state index contributed by atoms with van der Waals surface area (Å²) in [6.45, 7) is -0.0791. The van der Waals surface area contributed by atoms with Crippen molar-refractivity contribution in [2.75, 3.05) is 6.79 Å². The number of hydrogen-bond donors (Lipinski definition) is 2. The van der Waals surface area contributed by atoms with Gasteiger partial charge in [0.15, 0.2) is 11.5 Å². The topological polar surface area (TPSA) is 76.0 Å². The van der Waals surface area contributed by atoms with Crippen molar-refractivity contribution in [3.63, 3.8) is 0 Å². The Balaban J connectivity index is 2.17. The molecule has 1 aromatic carbocycles. The summed E-state index contributed by atoms with van der Waals surface area (Å²) in [5, 5.41) is 18.1. The lowest BCUT2D eigenvalue weighted by Gasteiger charge is -2.07. The number of aromatic hydroxyl groups is 1. The lowest BCUT2D eigenvalue weighted by atomic mass is 10.1. The van der Waals surface area contributed by atoms with Gasteiger partial charge in [-0.25, -0.2) is 0 Å². The molecule has 2 N–H and O–H groups in total. The molecule has 0 spiro atoms. The van der Waals surface area contributed by atoms with E-state index in [1.165, 1.54) is 6.07 Å². The molecular formula is C11H11FO5. The summed E-state index contributed by atoms with van der Waals surface area (Å²) < 4.78 is 23.4. The average molecular weight is 242 g/mol. The first kappa shape index (κ1) is 11.5. The number of ether oxygens (including phenoxy) is 2. The van der Waals surface area contributed by atoms with Gasteiger partial charge in [0.1, 0.15) is 0 Å². The second kappa shape index (κ2) is 4.48. The second-order valence-corrected chi connectivity index (χ2v) is 3.68. The van der Waals surface area contributed by atoms with Crippen LogP contribution in [-0.4, -0.2) is 23.0 Å². The molecule has 92 valence electrons. The number of carboxylic acids is 1. The molecule has 1 aliphatic heterocycles. The quantitative estimate of drug-likeness (QED) is 0.839. The number of halogens is 1. The number of hydrogen-bond acceptors (Lipinski definition) is 4. The molecule has 17 heavy (non-hydrogen) atoms. The summed E-state index contributed by atoms with van der Waals surface area (Å²) in [7, 11) is 0. The molecule has 0 unspecified atom stereocenters. The number of rotatable bonds is 4. The van der Waals surface area contributed by atoms with Crippen LogP contribution in [-0.2, 0) is 11.2 Å². The standard InChI is InChI=1S/C11H11FO5/c12-9-10(15)6(2-1-3-8(13)14)4-7-11(9)17-5-16-7/h4,15H,1-3,5H2,(H,13,14). The fraction of sp³-hybridized carbons (Fsp3) is 0.364. The molecule has 0 radical (unpaired) electrons. The first-order valence-electron chi connectivity index (χ1n) is 5.11. The summed E-state index contributed by atoms with van der Waals surface area (Å²) in [6, 6.07) is 1.47. The lowest BCUT2D eigenvalue weighted by Crippen LogP contribution is -1.97. The van der Waals surface area contributed by atoms with Crippen molar-refractivity contribution in [3.05, 3.63) is 17.4 Å². The van der Waals surface area contributed by atoms with Gasteiger partial charge in [-0.05, 0) is 18.9 Å². The molecule has 1 aliphatic rings. The van der Waals surface area contributed by atoms with Crippen molar-refractivity contribution in [2.24, 2.45) is 0 Å². The molecule has 0 amide bonds.